The SMILES string of the molecule is COc1ccc(O)c(C(C)NC(CO)c2ccccc2)c1. The Kier molecular flexibility index (Phi) is 5.20. The van der Waals surface area contributed by atoms with Crippen LogP contribution in [-0.2, 0) is 0 Å². The van der Waals surface area contributed by atoms with Crippen molar-refractivity contribution in [2.45, 2.75) is 19.0 Å². The summed E-state index contributed by atoms with van der Waals surface area (Å²) in [6.07, 6.45) is 0. The van der Waals surface area contributed by atoms with Crippen molar-refractivity contribution >= 4 is 0 Å². The summed E-state index contributed by atoms with van der Waals surface area (Å²) in [5, 5.41) is 22.9. The van der Waals surface area contributed by atoms with E-state index in [1.165, 1.54) is 0 Å². The minimum Gasteiger partial charge on any atom is -0.508 e. The molecule has 0 radical (unpaired) electrons. The van der Waals surface area contributed by atoms with Crippen molar-refractivity contribution in [2.24, 2.45) is 0 Å². The third-order valence-electron chi connectivity index (χ3n) is 3.54. The number of methoxy groups -OCH3 is 1. The molecule has 0 saturated carbocycles. The molecule has 2 aromatic rings. The summed E-state index contributed by atoms with van der Waals surface area (Å²) in [5.74, 6) is 0.900. The van der Waals surface area contributed by atoms with Crippen molar-refractivity contribution in [3.8, 4) is 11.5 Å². The van der Waals surface area contributed by atoms with Gasteiger partial charge in [0.05, 0.1) is 19.8 Å². The standard InChI is InChI=1S/C17H21NO3/c1-12(15-10-14(21-2)8-9-17(15)20)18-16(11-19)13-6-4-3-5-7-13/h3-10,12,16,18-20H,11H2,1-2H3. The zero-order valence-corrected chi connectivity index (χ0v) is 12.3. The molecule has 4 nitrogen and oxygen atoms in total. The maximum atomic E-state index is 10.00. The Hall–Kier alpha value is -2.04. The number of aliphatic hydroxyl groups excluding tert-OH is 1. The predicted molar refractivity (Wildman–Crippen MR) is 82.5 cm³/mol. The lowest BCUT2D eigenvalue weighted by atomic mass is 10.0. The van der Waals surface area contributed by atoms with Crippen LogP contribution in [0.25, 0.3) is 0 Å². The highest BCUT2D eigenvalue weighted by Gasteiger charge is 2.17. The molecule has 0 spiro atoms. The first-order valence-corrected chi connectivity index (χ1v) is 6.94. The minimum atomic E-state index is -0.188. The van der Waals surface area contributed by atoms with Gasteiger partial charge in [-0.05, 0) is 30.7 Å². The molecule has 2 rings (SSSR count). The van der Waals surface area contributed by atoms with E-state index in [-0.39, 0.29) is 24.4 Å². The summed E-state index contributed by atoms with van der Waals surface area (Å²) in [6, 6.07) is 14.6. The maximum absolute atomic E-state index is 10.00. The Labute approximate surface area is 125 Å². The van der Waals surface area contributed by atoms with Crippen LogP contribution in [0.4, 0.5) is 0 Å². The first-order valence-electron chi connectivity index (χ1n) is 6.94. The molecule has 0 aromatic heterocycles. The summed E-state index contributed by atoms with van der Waals surface area (Å²) in [7, 11) is 1.59. The van der Waals surface area contributed by atoms with Crippen LogP contribution in [0.2, 0.25) is 0 Å². The van der Waals surface area contributed by atoms with Crippen molar-refractivity contribution in [3.05, 3.63) is 59.7 Å². The predicted octanol–water partition coefficient (Wildman–Crippen LogP) is 2.79. The first-order chi connectivity index (χ1) is 10.2. The van der Waals surface area contributed by atoms with Crippen LogP contribution in [0.15, 0.2) is 48.5 Å². The molecule has 0 heterocycles. The number of hydrogen-bond donors (Lipinski definition) is 3. The number of phenols is 1. The lowest BCUT2D eigenvalue weighted by molar-refractivity contribution is 0.234. The monoisotopic (exact) mass is 287 g/mol. The zero-order chi connectivity index (χ0) is 15.2. The van der Waals surface area contributed by atoms with Crippen LogP contribution in [0.5, 0.6) is 11.5 Å². The topological polar surface area (TPSA) is 61.7 Å². The first kappa shape index (κ1) is 15.4. The average molecular weight is 287 g/mol. The molecular formula is C17H21NO3. The molecule has 0 fully saturated rings. The van der Waals surface area contributed by atoms with Gasteiger partial charge >= 0.3 is 0 Å². The fraction of sp³-hybridized carbons (Fsp3) is 0.294. The highest BCUT2D eigenvalue weighted by molar-refractivity contribution is 5.41. The van der Waals surface area contributed by atoms with E-state index in [9.17, 15) is 10.2 Å². The van der Waals surface area contributed by atoms with Crippen LogP contribution >= 0.6 is 0 Å². The number of aromatic hydroxyl groups is 1. The second kappa shape index (κ2) is 7.11. The molecule has 21 heavy (non-hydrogen) atoms. The molecule has 0 aliphatic heterocycles. The molecule has 0 bridgehead atoms. The Morgan fingerprint density at radius 1 is 1.14 bits per heavy atom. The number of ether oxygens (including phenoxy) is 1. The van der Waals surface area contributed by atoms with Gasteiger partial charge in [-0.3, -0.25) is 0 Å². The summed E-state index contributed by atoms with van der Waals surface area (Å²) >= 11 is 0. The second-order valence-electron chi connectivity index (χ2n) is 4.96. The van der Waals surface area contributed by atoms with Crippen LogP contribution in [-0.4, -0.2) is 23.9 Å². The molecule has 4 heteroatoms. The lowest BCUT2D eigenvalue weighted by Crippen LogP contribution is -2.27. The number of benzene rings is 2. The van der Waals surface area contributed by atoms with Crippen LogP contribution in [0, 0.1) is 0 Å². The van der Waals surface area contributed by atoms with E-state index in [1.54, 1.807) is 25.3 Å². The number of rotatable bonds is 6. The maximum Gasteiger partial charge on any atom is 0.120 e. The minimum absolute atomic E-state index is 0.0148. The van der Waals surface area contributed by atoms with E-state index in [0.717, 1.165) is 11.1 Å². The third-order valence-corrected chi connectivity index (χ3v) is 3.54. The Balaban J connectivity index is 2.18. The highest BCUT2D eigenvalue weighted by atomic mass is 16.5. The molecule has 2 aromatic carbocycles. The fourth-order valence-electron chi connectivity index (χ4n) is 2.34. The molecule has 0 amide bonds. The van der Waals surface area contributed by atoms with Gasteiger partial charge in [-0.2, -0.15) is 0 Å². The summed E-state index contributed by atoms with van der Waals surface area (Å²) < 4.78 is 5.19. The van der Waals surface area contributed by atoms with Crippen LogP contribution in [0.3, 0.4) is 0 Å². The van der Waals surface area contributed by atoms with Gasteiger partial charge in [0.1, 0.15) is 11.5 Å². The fourth-order valence-corrected chi connectivity index (χ4v) is 2.34. The molecule has 0 aliphatic carbocycles. The van der Waals surface area contributed by atoms with E-state index in [1.807, 2.05) is 37.3 Å². The van der Waals surface area contributed by atoms with E-state index in [4.69, 9.17) is 4.74 Å². The summed E-state index contributed by atoms with van der Waals surface area (Å²) in [5.41, 5.74) is 1.75. The average Bonchev–Trinajstić information content (AvgIpc) is 2.53. The van der Waals surface area contributed by atoms with E-state index in [2.05, 4.69) is 5.32 Å². The smallest absolute Gasteiger partial charge is 0.120 e. The quantitative estimate of drug-likeness (QED) is 0.764. The largest absolute Gasteiger partial charge is 0.508 e. The van der Waals surface area contributed by atoms with Gasteiger partial charge in [0.2, 0.25) is 0 Å². The lowest BCUT2D eigenvalue weighted by Gasteiger charge is -2.23. The van der Waals surface area contributed by atoms with Gasteiger partial charge in [0.15, 0.2) is 0 Å². The number of phenolic OH excluding ortho intramolecular Hbond substituents is 1. The van der Waals surface area contributed by atoms with Crippen molar-refractivity contribution in [1.82, 2.24) is 5.32 Å². The third kappa shape index (κ3) is 3.74. The number of aliphatic hydroxyl groups is 1. The van der Waals surface area contributed by atoms with Crippen LogP contribution in [0.1, 0.15) is 30.1 Å². The summed E-state index contributed by atoms with van der Waals surface area (Å²) in [6.45, 7) is 1.93. The van der Waals surface area contributed by atoms with E-state index in [0.29, 0.717) is 5.75 Å². The van der Waals surface area contributed by atoms with Gasteiger partial charge in [0.25, 0.3) is 0 Å². The Morgan fingerprint density at radius 3 is 2.48 bits per heavy atom. The molecule has 3 N–H and O–H groups in total. The van der Waals surface area contributed by atoms with Gasteiger partial charge in [-0.25, -0.2) is 0 Å². The van der Waals surface area contributed by atoms with Crippen molar-refractivity contribution in [3.63, 3.8) is 0 Å². The van der Waals surface area contributed by atoms with Crippen molar-refractivity contribution in [1.29, 1.82) is 0 Å². The molecule has 0 saturated heterocycles. The van der Waals surface area contributed by atoms with Gasteiger partial charge in [-0.15, -0.1) is 0 Å². The normalized spacial score (nSPS) is 13.7. The van der Waals surface area contributed by atoms with Gasteiger partial charge < -0.3 is 20.3 Å². The molecule has 2 unspecified atom stereocenters. The van der Waals surface area contributed by atoms with E-state index < -0.39 is 0 Å². The molecule has 2 atom stereocenters. The highest BCUT2D eigenvalue weighted by Crippen LogP contribution is 2.29. The Morgan fingerprint density at radius 2 is 1.86 bits per heavy atom. The van der Waals surface area contributed by atoms with E-state index >= 15 is 0 Å². The zero-order valence-electron chi connectivity index (χ0n) is 12.3. The molecule has 0 aliphatic rings. The van der Waals surface area contributed by atoms with Gasteiger partial charge in [0, 0.05) is 11.6 Å². The molecule has 112 valence electrons. The summed E-state index contributed by atoms with van der Waals surface area (Å²) in [4.78, 5) is 0. The number of nitrogens with one attached hydrogen (secondary N) is 1. The van der Waals surface area contributed by atoms with Gasteiger partial charge in [-0.1, -0.05) is 30.3 Å². The Bertz CT molecular complexity index is 572. The molecular weight excluding hydrogens is 266 g/mol. The number of hydrogen-bond acceptors (Lipinski definition) is 4. The van der Waals surface area contributed by atoms with Crippen molar-refractivity contribution < 1.29 is 14.9 Å². The second-order valence-corrected chi connectivity index (χ2v) is 4.96. The van der Waals surface area contributed by atoms with Crippen molar-refractivity contribution in [2.75, 3.05) is 13.7 Å². The van der Waals surface area contributed by atoms with Crippen LogP contribution < -0.4 is 10.1 Å².